The summed E-state index contributed by atoms with van der Waals surface area (Å²) >= 11 is 0. The van der Waals surface area contributed by atoms with Crippen molar-refractivity contribution in [1.82, 2.24) is 15.1 Å². The Kier molecular flexibility index (Phi) is 4.81. The smallest absolute Gasteiger partial charge is 0.341 e. The minimum atomic E-state index is -0.357. The first-order valence-corrected chi connectivity index (χ1v) is 8.09. The summed E-state index contributed by atoms with van der Waals surface area (Å²) in [4.78, 5) is 11.6. The van der Waals surface area contributed by atoms with Crippen LogP contribution in [0.2, 0.25) is 0 Å². The molecule has 0 aliphatic heterocycles. The van der Waals surface area contributed by atoms with E-state index >= 15 is 0 Å². The van der Waals surface area contributed by atoms with Gasteiger partial charge in [-0.15, -0.1) is 0 Å². The lowest BCUT2D eigenvalue weighted by molar-refractivity contribution is 0.0599. The average Bonchev–Trinajstić information content (AvgIpc) is 3.22. The third-order valence-electron chi connectivity index (χ3n) is 4.51. The first-order valence-electron chi connectivity index (χ1n) is 8.09. The predicted octanol–water partition coefficient (Wildman–Crippen LogP) is 2.84. The second kappa shape index (κ2) is 7.00. The van der Waals surface area contributed by atoms with Crippen LogP contribution >= 0.6 is 0 Å². The Balaban J connectivity index is 1.66. The van der Waals surface area contributed by atoms with Crippen LogP contribution in [0.25, 0.3) is 0 Å². The number of hydrogen-bond donors (Lipinski definition) is 1. The van der Waals surface area contributed by atoms with Crippen molar-refractivity contribution < 1.29 is 13.9 Å². The maximum absolute atomic E-state index is 11.6. The van der Waals surface area contributed by atoms with Gasteiger partial charge in [-0.1, -0.05) is 12.8 Å². The molecule has 2 atom stereocenters. The van der Waals surface area contributed by atoms with Crippen LogP contribution in [0.5, 0.6) is 0 Å². The highest BCUT2D eigenvalue weighted by atomic mass is 16.5. The highest BCUT2D eigenvalue weighted by Crippen LogP contribution is 2.28. The third kappa shape index (κ3) is 3.47. The lowest BCUT2D eigenvalue weighted by atomic mass is 9.90. The van der Waals surface area contributed by atoms with Gasteiger partial charge in [0.1, 0.15) is 17.1 Å². The number of methoxy groups -OCH3 is 1. The molecular weight excluding hydrogens is 294 g/mol. The molecule has 1 saturated carbocycles. The molecule has 1 aliphatic carbocycles. The Morgan fingerprint density at radius 1 is 1.48 bits per heavy atom. The molecule has 1 fully saturated rings. The number of aromatic nitrogens is 2. The minimum absolute atomic E-state index is 0.357. The number of hydrogen-bond acceptors (Lipinski definition) is 5. The van der Waals surface area contributed by atoms with E-state index in [2.05, 4.69) is 10.4 Å². The maximum atomic E-state index is 11.6. The standard InChI is InChI=1S/C17H23N3O3/c1-12-14(17(21)22-2)10-13(23-12)11-18-15-6-3-4-7-16(15)20-9-5-8-19-20/h5,8-10,15-16,18H,3-4,6-7,11H2,1-2H3/t15-,16+/m0/s1. The zero-order valence-corrected chi connectivity index (χ0v) is 13.6. The molecule has 0 amide bonds. The Bertz CT molecular complexity index is 648. The molecule has 6 heteroatoms. The normalized spacial score (nSPS) is 21.3. The zero-order valence-electron chi connectivity index (χ0n) is 13.6. The van der Waals surface area contributed by atoms with E-state index in [1.165, 1.54) is 20.0 Å². The summed E-state index contributed by atoms with van der Waals surface area (Å²) in [5.74, 6) is 0.998. The number of furan rings is 1. The van der Waals surface area contributed by atoms with Crippen molar-refractivity contribution in [2.75, 3.05) is 7.11 Å². The van der Waals surface area contributed by atoms with Gasteiger partial charge in [0, 0.05) is 18.4 Å². The van der Waals surface area contributed by atoms with Gasteiger partial charge in [0.15, 0.2) is 0 Å². The molecule has 0 radical (unpaired) electrons. The van der Waals surface area contributed by atoms with Crippen molar-refractivity contribution in [2.45, 2.75) is 51.2 Å². The van der Waals surface area contributed by atoms with Crippen molar-refractivity contribution in [3.63, 3.8) is 0 Å². The number of carbonyl (C=O) groups is 1. The van der Waals surface area contributed by atoms with Crippen LogP contribution in [0, 0.1) is 6.92 Å². The Morgan fingerprint density at radius 2 is 2.30 bits per heavy atom. The van der Waals surface area contributed by atoms with Gasteiger partial charge in [-0.25, -0.2) is 4.79 Å². The lowest BCUT2D eigenvalue weighted by Gasteiger charge is -2.32. The molecule has 3 rings (SSSR count). The molecule has 0 bridgehead atoms. The minimum Gasteiger partial charge on any atom is -0.465 e. The van der Waals surface area contributed by atoms with Crippen molar-refractivity contribution in [2.24, 2.45) is 0 Å². The van der Waals surface area contributed by atoms with E-state index in [4.69, 9.17) is 9.15 Å². The predicted molar refractivity (Wildman–Crippen MR) is 85.1 cm³/mol. The highest BCUT2D eigenvalue weighted by molar-refractivity contribution is 5.90. The van der Waals surface area contributed by atoms with E-state index < -0.39 is 0 Å². The number of esters is 1. The zero-order chi connectivity index (χ0) is 16.2. The van der Waals surface area contributed by atoms with Gasteiger partial charge in [0.05, 0.1) is 19.7 Å². The number of nitrogens with one attached hydrogen (secondary N) is 1. The van der Waals surface area contributed by atoms with Crippen LogP contribution < -0.4 is 5.32 Å². The molecule has 1 aliphatic rings. The first-order chi connectivity index (χ1) is 11.2. The number of aryl methyl sites for hydroxylation is 1. The summed E-state index contributed by atoms with van der Waals surface area (Å²) in [5.41, 5.74) is 0.497. The van der Waals surface area contributed by atoms with Crippen LogP contribution in [0.1, 0.15) is 53.6 Å². The maximum Gasteiger partial charge on any atom is 0.341 e. The van der Waals surface area contributed by atoms with E-state index in [1.54, 1.807) is 13.0 Å². The fraction of sp³-hybridized carbons (Fsp3) is 0.529. The summed E-state index contributed by atoms with van der Waals surface area (Å²) in [6.07, 6.45) is 8.55. The fourth-order valence-electron chi connectivity index (χ4n) is 3.32. The Labute approximate surface area is 135 Å². The van der Waals surface area contributed by atoms with Crippen molar-refractivity contribution in [3.8, 4) is 0 Å². The average molecular weight is 317 g/mol. The van der Waals surface area contributed by atoms with Crippen molar-refractivity contribution in [1.29, 1.82) is 0 Å². The molecule has 124 valence electrons. The van der Waals surface area contributed by atoms with Crippen LogP contribution in [0.4, 0.5) is 0 Å². The topological polar surface area (TPSA) is 69.3 Å². The molecule has 0 saturated heterocycles. The molecule has 0 unspecified atom stereocenters. The molecular formula is C17H23N3O3. The van der Waals surface area contributed by atoms with E-state index in [9.17, 15) is 4.79 Å². The van der Waals surface area contributed by atoms with Crippen molar-refractivity contribution in [3.05, 3.63) is 41.6 Å². The number of carbonyl (C=O) groups excluding carboxylic acids is 1. The number of rotatable bonds is 5. The van der Waals surface area contributed by atoms with Crippen LogP contribution in [-0.4, -0.2) is 28.9 Å². The van der Waals surface area contributed by atoms with Gasteiger partial charge < -0.3 is 14.5 Å². The van der Waals surface area contributed by atoms with Crippen molar-refractivity contribution >= 4 is 5.97 Å². The van der Waals surface area contributed by atoms with Crippen LogP contribution in [0.3, 0.4) is 0 Å². The molecule has 23 heavy (non-hydrogen) atoms. The Hall–Kier alpha value is -2.08. The summed E-state index contributed by atoms with van der Waals surface area (Å²) < 4.78 is 12.5. The quantitative estimate of drug-likeness (QED) is 0.859. The van der Waals surface area contributed by atoms with Gasteiger partial charge in [0.2, 0.25) is 0 Å². The van der Waals surface area contributed by atoms with Gasteiger partial charge >= 0.3 is 5.97 Å². The molecule has 2 heterocycles. The largest absolute Gasteiger partial charge is 0.465 e. The third-order valence-corrected chi connectivity index (χ3v) is 4.51. The fourth-order valence-corrected chi connectivity index (χ4v) is 3.32. The van der Waals surface area contributed by atoms with Gasteiger partial charge in [-0.05, 0) is 31.9 Å². The van der Waals surface area contributed by atoms with Gasteiger partial charge in [-0.2, -0.15) is 5.10 Å². The molecule has 0 spiro atoms. The van der Waals surface area contributed by atoms with E-state index in [-0.39, 0.29) is 5.97 Å². The Morgan fingerprint density at radius 3 is 3.04 bits per heavy atom. The molecule has 2 aromatic heterocycles. The van der Waals surface area contributed by atoms with Gasteiger partial charge in [0.25, 0.3) is 0 Å². The molecule has 0 aromatic carbocycles. The number of ether oxygens (including phenoxy) is 1. The second-order valence-corrected chi connectivity index (χ2v) is 6.00. The summed E-state index contributed by atoms with van der Waals surface area (Å²) in [6, 6.07) is 4.45. The molecule has 6 nitrogen and oxygen atoms in total. The van der Waals surface area contributed by atoms with Gasteiger partial charge in [-0.3, -0.25) is 4.68 Å². The lowest BCUT2D eigenvalue weighted by Crippen LogP contribution is -2.39. The number of nitrogens with zero attached hydrogens (tertiary/aromatic N) is 2. The SMILES string of the molecule is COC(=O)c1cc(CN[C@H]2CCCC[C@H]2n2cccn2)oc1C. The molecule has 1 N–H and O–H groups in total. The van der Waals surface area contributed by atoms with Crippen LogP contribution in [-0.2, 0) is 11.3 Å². The summed E-state index contributed by atoms with van der Waals surface area (Å²) in [5, 5.41) is 7.96. The monoisotopic (exact) mass is 317 g/mol. The molecule has 2 aromatic rings. The highest BCUT2D eigenvalue weighted by Gasteiger charge is 2.27. The second-order valence-electron chi connectivity index (χ2n) is 6.00. The summed E-state index contributed by atoms with van der Waals surface area (Å²) in [7, 11) is 1.38. The van der Waals surface area contributed by atoms with E-state index in [0.717, 1.165) is 18.6 Å². The van der Waals surface area contributed by atoms with Crippen LogP contribution in [0.15, 0.2) is 28.9 Å². The summed E-state index contributed by atoms with van der Waals surface area (Å²) in [6.45, 7) is 2.38. The van der Waals surface area contributed by atoms with E-state index in [0.29, 0.717) is 30.0 Å². The van der Waals surface area contributed by atoms with E-state index in [1.807, 2.05) is 23.1 Å². The first kappa shape index (κ1) is 15.8.